The van der Waals surface area contributed by atoms with Gasteiger partial charge in [-0.3, -0.25) is 9.78 Å². The van der Waals surface area contributed by atoms with Crippen molar-refractivity contribution >= 4 is 28.7 Å². The molecule has 1 aliphatic rings. The Morgan fingerprint density at radius 2 is 1.83 bits per heavy atom. The molecule has 0 unspecified atom stereocenters. The highest BCUT2D eigenvalue weighted by Gasteiger charge is 2.30. The lowest BCUT2D eigenvalue weighted by Gasteiger charge is -2.13. The van der Waals surface area contributed by atoms with Gasteiger partial charge in [0, 0.05) is 23.6 Å². The predicted octanol–water partition coefficient (Wildman–Crippen LogP) is 6.46. The van der Waals surface area contributed by atoms with Gasteiger partial charge in [0.25, 0.3) is 5.91 Å². The molecule has 0 saturated heterocycles. The Morgan fingerprint density at radius 3 is 2.58 bits per heavy atom. The predicted molar refractivity (Wildman–Crippen MR) is 134 cm³/mol. The molecule has 5 nitrogen and oxygen atoms in total. The Labute approximate surface area is 211 Å². The third-order valence-corrected chi connectivity index (χ3v) is 7.43. The Hall–Kier alpha value is -3.33. The fourth-order valence-corrected chi connectivity index (χ4v) is 5.44. The summed E-state index contributed by atoms with van der Waals surface area (Å²) in [5, 5.41) is 3.80. The number of alkyl halides is 3. The van der Waals surface area contributed by atoms with Gasteiger partial charge in [-0.1, -0.05) is 54.9 Å². The van der Waals surface area contributed by atoms with Crippen LogP contribution in [0.1, 0.15) is 52.7 Å². The van der Waals surface area contributed by atoms with E-state index in [1.165, 1.54) is 23.9 Å². The molecule has 1 saturated carbocycles. The zero-order valence-electron chi connectivity index (χ0n) is 19.5. The topological polar surface area (TPSA) is 59.8 Å². The van der Waals surface area contributed by atoms with Crippen molar-refractivity contribution in [3.8, 4) is 0 Å². The number of hydrogen-bond acceptors (Lipinski definition) is 4. The average molecular weight is 511 g/mol. The van der Waals surface area contributed by atoms with E-state index in [0.29, 0.717) is 28.6 Å². The fourth-order valence-electron chi connectivity index (χ4n) is 4.48. The van der Waals surface area contributed by atoms with Crippen LogP contribution in [0.4, 0.5) is 13.2 Å². The van der Waals surface area contributed by atoms with Crippen LogP contribution in [0, 0.1) is 0 Å². The van der Waals surface area contributed by atoms with E-state index in [2.05, 4.69) is 10.3 Å². The van der Waals surface area contributed by atoms with E-state index in [4.69, 9.17) is 4.98 Å². The van der Waals surface area contributed by atoms with E-state index in [9.17, 15) is 18.0 Å². The van der Waals surface area contributed by atoms with Gasteiger partial charge in [-0.05, 0) is 48.2 Å². The minimum absolute atomic E-state index is 0.0527. The summed E-state index contributed by atoms with van der Waals surface area (Å²) in [5.74, 6) is 0.295. The molecular weight excluding hydrogens is 485 g/mol. The Bertz CT molecular complexity index is 1360. The normalized spacial score (nSPS) is 14.4. The van der Waals surface area contributed by atoms with E-state index in [1.54, 1.807) is 18.5 Å². The summed E-state index contributed by atoms with van der Waals surface area (Å²) in [5.41, 5.74) is 3.13. The van der Waals surface area contributed by atoms with Gasteiger partial charge in [-0.25, -0.2) is 4.98 Å². The van der Waals surface area contributed by atoms with Gasteiger partial charge >= 0.3 is 6.18 Å². The summed E-state index contributed by atoms with van der Waals surface area (Å²) in [7, 11) is 0. The maximum absolute atomic E-state index is 13.1. The number of hydrogen-bond donors (Lipinski definition) is 1. The molecular formula is C27H25F3N4OS. The fraction of sp³-hybridized carbons (Fsp3) is 0.296. The zero-order chi connectivity index (χ0) is 25.1. The molecule has 2 aromatic heterocycles. The second-order valence-corrected chi connectivity index (χ2v) is 9.93. The third kappa shape index (κ3) is 5.56. The quantitative estimate of drug-likeness (QED) is 0.290. The number of nitrogens with zero attached hydrogens (tertiary/aromatic N) is 3. The van der Waals surface area contributed by atoms with Crippen molar-refractivity contribution in [2.75, 3.05) is 0 Å². The smallest absolute Gasteiger partial charge is 0.349 e. The molecule has 0 radical (unpaired) electrons. The molecule has 9 heteroatoms. The average Bonchev–Trinajstić information content (AvgIpc) is 3.51. The largest absolute Gasteiger partial charge is 0.416 e. The van der Waals surface area contributed by atoms with Crippen molar-refractivity contribution in [2.45, 2.75) is 55.4 Å². The van der Waals surface area contributed by atoms with Crippen molar-refractivity contribution in [1.29, 1.82) is 0 Å². The first kappa shape index (κ1) is 24.4. The van der Waals surface area contributed by atoms with E-state index in [-0.39, 0.29) is 11.9 Å². The molecule has 0 atom stereocenters. The number of rotatable bonds is 7. The molecule has 186 valence electrons. The van der Waals surface area contributed by atoms with Gasteiger partial charge in [-0.2, -0.15) is 13.2 Å². The standard InChI is InChI=1S/C27H25F3N4OS/c28-27(29,30)21-5-3-4-19(14-21)17-36-26-33-23-12-13-31-15-24(23)34(26)16-18-8-10-20(11-9-18)25(35)32-22-6-1-2-7-22/h3-5,8-15,22H,1-2,6-7,16-17H2,(H,32,35). The molecule has 36 heavy (non-hydrogen) atoms. The van der Waals surface area contributed by atoms with E-state index in [0.717, 1.165) is 48.3 Å². The highest BCUT2D eigenvalue weighted by atomic mass is 32.2. The second kappa shape index (κ2) is 10.3. The van der Waals surface area contributed by atoms with Gasteiger partial charge in [0.1, 0.15) is 0 Å². The zero-order valence-corrected chi connectivity index (χ0v) is 20.3. The van der Waals surface area contributed by atoms with Crippen LogP contribution < -0.4 is 5.32 Å². The monoisotopic (exact) mass is 510 g/mol. The minimum atomic E-state index is -4.38. The molecule has 5 rings (SSSR count). The van der Waals surface area contributed by atoms with Crippen LogP contribution in [0.5, 0.6) is 0 Å². The number of carbonyl (C=O) groups excluding carboxylic acids is 1. The summed E-state index contributed by atoms with van der Waals surface area (Å²) in [6.07, 6.45) is 3.41. The Balaban J connectivity index is 1.34. The summed E-state index contributed by atoms with van der Waals surface area (Å²) < 4.78 is 41.3. The highest BCUT2D eigenvalue weighted by molar-refractivity contribution is 7.98. The number of thioether (sulfide) groups is 1. The summed E-state index contributed by atoms with van der Waals surface area (Å²) in [6.45, 7) is 0.498. The first-order chi connectivity index (χ1) is 17.4. The number of pyridine rings is 1. The molecule has 1 fully saturated rings. The third-order valence-electron chi connectivity index (χ3n) is 6.38. The SMILES string of the molecule is O=C(NC1CCCC1)c1ccc(Cn2c(SCc3cccc(C(F)(F)F)c3)nc3ccncc32)cc1. The minimum Gasteiger partial charge on any atom is -0.349 e. The van der Waals surface area contributed by atoms with Gasteiger partial charge in [0.2, 0.25) is 0 Å². The number of imidazole rings is 1. The van der Waals surface area contributed by atoms with Crippen molar-refractivity contribution in [2.24, 2.45) is 0 Å². The molecule has 2 heterocycles. The maximum Gasteiger partial charge on any atom is 0.416 e. The number of fused-ring (bicyclic) bond motifs is 1. The van der Waals surface area contributed by atoms with Gasteiger partial charge in [-0.15, -0.1) is 0 Å². The molecule has 0 aliphatic heterocycles. The lowest BCUT2D eigenvalue weighted by molar-refractivity contribution is -0.137. The van der Waals surface area contributed by atoms with Crippen molar-refractivity contribution < 1.29 is 18.0 Å². The first-order valence-corrected chi connectivity index (χ1v) is 12.8. The first-order valence-electron chi connectivity index (χ1n) is 11.9. The number of benzene rings is 2. The molecule has 1 N–H and O–H groups in total. The summed E-state index contributed by atoms with van der Waals surface area (Å²) in [4.78, 5) is 21.5. The molecule has 1 amide bonds. The lowest BCUT2D eigenvalue weighted by atomic mass is 10.1. The van der Waals surface area contributed by atoms with Crippen LogP contribution in [0.25, 0.3) is 11.0 Å². The molecule has 2 aromatic carbocycles. The van der Waals surface area contributed by atoms with Gasteiger partial charge in [0.05, 0.1) is 29.3 Å². The Kier molecular flexibility index (Phi) is 7.00. The van der Waals surface area contributed by atoms with Crippen molar-refractivity contribution in [1.82, 2.24) is 19.9 Å². The van der Waals surface area contributed by atoms with Crippen LogP contribution in [-0.4, -0.2) is 26.5 Å². The molecule has 1 aliphatic carbocycles. The number of amides is 1. The van der Waals surface area contributed by atoms with Crippen molar-refractivity contribution in [3.63, 3.8) is 0 Å². The van der Waals surface area contributed by atoms with Crippen LogP contribution in [0.2, 0.25) is 0 Å². The molecule has 0 bridgehead atoms. The molecule has 4 aromatic rings. The van der Waals surface area contributed by atoms with E-state index >= 15 is 0 Å². The van der Waals surface area contributed by atoms with Crippen LogP contribution >= 0.6 is 11.8 Å². The summed E-state index contributed by atoms with van der Waals surface area (Å²) >= 11 is 1.38. The van der Waals surface area contributed by atoms with E-state index in [1.807, 2.05) is 34.9 Å². The van der Waals surface area contributed by atoms with Crippen LogP contribution in [0.3, 0.4) is 0 Å². The maximum atomic E-state index is 13.1. The lowest BCUT2D eigenvalue weighted by Crippen LogP contribution is -2.32. The summed E-state index contributed by atoms with van der Waals surface area (Å²) in [6, 6.07) is 14.9. The number of aromatic nitrogens is 3. The van der Waals surface area contributed by atoms with Gasteiger partial charge < -0.3 is 9.88 Å². The van der Waals surface area contributed by atoms with Gasteiger partial charge in [0.15, 0.2) is 5.16 Å². The Morgan fingerprint density at radius 1 is 1.06 bits per heavy atom. The van der Waals surface area contributed by atoms with Crippen LogP contribution in [-0.2, 0) is 18.5 Å². The van der Waals surface area contributed by atoms with Crippen LogP contribution in [0.15, 0.2) is 72.1 Å². The molecule has 0 spiro atoms. The number of nitrogens with one attached hydrogen (secondary N) is 1. The highest BCUT2D eigenvalue weighted by Crippen LogP contribution is 2.32. The number of carbonyl (C=O) groups is 1. The number of halogens is 3. The van der Waals surface area contributed by atoms with E-state index < -0.39 is 11.7 Å². The van der Waals surface area contributed by atoms with Crippen molar-refractivity contribution in [3.05, 3.63) is 89.2 Å². The second-order valence-electron chi connectivity index (χ2n) is 8.98.